The first-order valence-electron chi connectivity index (χ1n) is 8.01. The van der Waals surface area contributed by atoms with Gasteiger partial charge >= 0.3 is 0 Å². The second-order valence-electron chi connectivity index (χ2n) is 5.51. The quantitative estimate of drug-likeness (QED) is 0.604. The first kappa shape index (κ1) is 19.6. The molecule has 2 heterocycles. The second kappa shape index (κ2) is 8.69. The normalized spacial score (nSPS) is 10.2. The van der Waals surface area contributed by atoms with Crippen LogP contribution in [0.4, 0.5) is 11.4 Å². The molecule has 2 amide bonds. The van der Waals surface area contributed by atoms with Gasteiger partial charge in [-0.1, -0.05) is 23.2 Å². The van der Waals surface area contributed by atoms with E-state index in [0.29, 0.717) is 17.1 Å². The number of halogens is 2. The zero-order chi connectivity index (χ0) is 20.1. The van der Waals surface area contributed by atoms with Gasteiger partial charge in [-0.3, -0.25) is 9.59 Å². The molecule has 0 spiro atoms. The van der Waals surface area contributed by atoms with Gasteiger partial charge in [-0.25, -0.2) is 9.97 Å². The minimum atomic E-state index is -0.435. The van der Waals surface area contributed by atoms with Crippen molar-refractivity contribution in [3.63, 3.8) is 0 Å². The largest absolute Gasteiger partial charge is 0.494 e. The molecule has 0 unspecified atom stereocenters. The van der Waals surface area contributed by atoms with E-state index in [0.717, 1.165) is 0 Å². The summed E-state index contributed by atoms with van der Waals surface area (Å²) < 4.78 is 5.31. The maximum Gasteiger partial charge on any atom is 0.258 e. The van der Waals surface area contributed by atoms with E-state index < -0.39 is 11.8 Å². The van der Waals surface area contributed by atoms with Crippen molar-refractivity contribution in [2.45, 2.75) is 0 Å². The highest BCUT2D eigenvalue weighted by Gasteiger charge is 2.15. The van der Waals surface area contributed by atoms with Gasteiger partial charge in [-0.15, -0.1) is 0 Å². The third-order valence-corrected chi connectivity index (χ3v) is 4.32. The van der Waals surface area contributed by atoms with E-state index in [4.69, 9.17) is 27.9 Å². The topological polar surface area (TPSA) is 93.2 Å². The number of benzene rings is 1. The first-order valence-corrected chi connectivity index (χ1v) is 8.77. The van der Waals surface area contributed by atoms with Crippen molar-refractivity contribution >= 4 is 46.4 Å². The summed E-state index contributed by atoms with van der Waals surface area (Å²) in [6.07, 6.45) is 2.99. The fraction of sp³-hybridized carbons (Fsp3) is 0.0526. The second-order valence-corrected chi connectivity index (χ2v) is 6.22. The highest BCUT2D eigenvalue weighted by molar-refractivity contribution is 6.33. The molecule has 0 fully saturated rings. The maximum absolute atomic E-state index is 12.4. The van der Waals surface area contributed by atoms with Crippen LogP contribution in [-0.4, -0.2) is 28.9 Å². The molecule has 9 heteroatoms. The number of amides is 2. The molecule has 0 aliphatic rings. The predicted molar refractivity (Wildman–Crippen MR) is 107 cm³/mol. The number of rotatable bonds is 5. The highest BCUT2D eigenvalue weighted by Crippen LogP contribution is 2.29. The van der Waals surface area contributed by atoms with Gasteiger partial charge in [0, 0.05) is 24.1 Å². The number of aromatic nitrogens is 2. The zero-order valence-electron chi connectivity index (χ0n) is 14.6. The average molecular weight is 417 g/mol. The Labute approximate surface area is 170 Å². The van der Waals surface area contributed by atoms with E-state index in [9.17, 15) is 9.59 Å². The van der Waals surface area contributed by atoms with Gasteiger partial charge in [-0.2, -0.15) is 0 Å². The van der Waals surface area contributed by atoms with E-state index in [1.807, 2.05) is 0 Å². The molecule has 3 aromatic rings. The third-order valence-electron chi connectivity index (χ3n) is 3.72. The molecular weight excluding hydrogens is 403 g/mol. The summed E-state index contributed by atoms with van der Waals surface area (Å²) in [6, 6.07) is 11.1. The Morgan fingerprint density at radius 1 is 0.893 bits per heavy atom. The Bertz CT molecular complexity index is 1040. The molecule has 0 saturated heterocycles. The third kappa shape index (κ3) is 4.39. The predicted octanol–water partition coefficient (Wildman–Crippen LogP) is 4.30. The molecule has 3 rings (SSSR count). The Morgan fingerprint density at radius 3 is 2.00 bits per heavy atom. The first-order chi connectivity index (χ1) is 13.5. The number of nitrogens with one attached hydrogen (secondary N) is 2. The molecule has 0 atom stereocenters. The summed E-state index contributed by atoms with van der Waals surface area (Å²) in [5.74, 6) is -0.502. The monoisotopic (exact) mass is 416 g/mol. The van der Waals surface area contributed by atoms with Crippen molar-refractivity contribution in [1.29, 1.82) is 0 Å². The van der Waals surface area contributed by atoms with Crippen LogP contribution in [0.25, 0.3) is 0 Å². The Morgan fingerprint density at radius 2 is 1.46 bits per heavy atom. The Balaban J connectivity index is 1.79. The SMILES string of the molecule is COc1cc(NC(=O)c2cccnc2Cl)ccc1NC(=O)c1cccnc1Cl. The highest BCUT2D eigenvalue weighted by atomic mass is 35.5. The van der Waals surface area contributed by atoms with E-state index in [-0.39, 0.29) is 21.4 Å². The summed E-state index contributed by atoms with van der Waals surface area (Å²) in [5, 5.41) is 5.61. The Hall–Kier alpha value is -3.16. The molecule has 2 N–H and O–H groups in total. The van der Waals surface area contributed by atoms with Crippen LogP contribution in [0.5, 0.6) is 5.75 Å². The van der Waals surface area contributed by atoms with E-state index in [1.165, 1.54) is 19.5 Å². The minimum absolute atomic E-state index is 0.0937. The number of ether oxygens (including phenoxy) is 1. The smallest absolute Gasteiger partial charge is 0.258 e. The summed E-state index contributed by atoms with van der Waals surface area (Å²) in [4.78, 5) is 32.5. The molecule has 2 aromatic heterocycles. The number of pyridine rings is 2. The number of carbonyl (C=O) groups is 2. The fourth-order valence-corrected chi connectivity index (χ4v) is 2.78. The maximum atomic E-state index is 12.4. The number of hydrogen-bond donors (Lipinski definition) is 2. The molecule has 1 aromatic carbocycles. The van der Waals surface area contributed by atoms with Gasteiger partial charge in [0.15, 0.2) is 0 Å². The minimum Gasteiger partial charge on any atom is -0.494 e. The molecule has 142 valence electrons. The lowest BCUT2D eigenvalue weighted by atomic mass is 10.2. The van der Waals surface area contributed by atoms with E-state index in [2.05, 4.69) is 20.6 Å². The molecule has 0 saturated carbocycles. The van der Waals surface area contributed by atoms with Crippen LogP contribution in [0, 0.1) is 0 Å². The fourth-order valence-electron chi connectivity index (χ4n) is 2.37. The molecule has 0 aliphatic carbocycles. The van der Waals surface area contributed by atoms with Crippen LogP contribution < -0.4 is 15.4 Å². The lowest BCUT2D eigenvalue weighted by Gasteiger charge is -2.13. The lowest BCUT2D eigenvalue weighted by Crippen LogP contribution is -2.15. The van der Waals surface area contributed by atoms with Crippen LogP contribution in [0.15, 0.2) is 54.9 Å². The molecule has 0 radical (unpaired) electrons. The van der Waals surface area contributed by atoms with Crippen molar-refractivity contribution in [1.82, 2.24) is 9.97 Å². The standard InChI is InChI=1S/C19H14Cl2N4O3/c1-28-15-10-11(24-18(26)12-4-2-8-22-16(12)20)6-7-14(15)25-19(27)13-5-3-9-23-17(13)21/h2-10H,1H3,(H,24,26)(H,25,27). The van der Waals surface area contributed by atoms with Crippen molar-refractivity contribution in [3.8, 4) is 5.75 Å². The Kier molecular flexibility index (Phi) is 6.08. The summed E-state index contributed by atoms with van der Waals surface area (Å²) >= 11 is 11.9. The van der Waals surface area contributed by atoms with Gasteiger partial charge in [-0.05, 0) is 36.4 Å². The van der Waals surface area contributed by atoms with Crippen LogP contribution in [-0.2, 0) is 0 Å². The van der Waals surface area contributed by atoms with Crippen LogP contribution in [0.1, 0.15) is 20.7 Å². The molecular formula is C19H14Cl2N4O3. The van der Waals surface area contributed by atoms with Gasteiger partial charge in [0.05, 0.1) is 23.9 Å². The van der Waals surface area contributed by atoms with Crippen LogP contribution in [0.3, 0.4) is 0 Å². The number of hydrogen-bond acceptors (Lipinski definition) is 5. The van der Waals surface area contributed by atoms with Crippen molar-refractivity contribution in [2.75, 3.05) is 17.7 Å². The number of anilines is 2. The van der Waals surface area contributed by atoms with E-state index in [1.54, 1.807) is 42.5 Å². The van der Waals surface area contributed by atoms with Crippen LogP contribution in [0.2, 0.25) is 10.3 Å². The molecule has 0 aliphatic heterocycles. The molecule has 0 bridgehead atoms. The average Bonchev–Trinajstić information content (AvgIpc) is 2.69. The van der Waals surface area contributed by atoms with Gasteiger partial charge in [0.25, 0.3) is 11.8 Å². The van der Waals surface area contributed by atoms with Crippen LogP contribution >= 0.6 is 23.2 Å². The summed E-state index contributed by atoms with van der Waals surface area (Å²) in [7, 11) is 1.45. The summed E-state index contributed by atoms with van der Waals surface area (Å²) in [5.41, 5.74) is 1.34. The van der Waals surface area contributed by atoms with Gasteiger partial charge in [0.1, 0.15) is 16.1 Å². The number of nitrogens with zero attached hydrogens (tertiary/aromatic N) is 2. The van der Waals surface area contributed by atoms with Gasteiger partial charge in [0.2, 0.25) is 0 Å². The van der Waals surface area contributed by atoms with Crippen molar-refractivity contribution in [2.24, 2.45) is 0 Å². The molecule has 28 heavy (non-hydrogen) atoms. The zero-order valence-corrected chi connectivity index (χ0v) is 16.1. The van der Waals surface area contributed by atoms with Crippen molar-refractivity contribution in [3.05, 3.63) is 76.3 Å². The van der Waals surface area contributed by atoms with E-state index >= 15 is 0 Å². The molecule has 7 nitrogen and oxygen atoms in total. The van der Waals surface area contributed by atoms with Crippen molar-refractivity contribution < 1.29 is 14.3 Å². The number of carbonyl (C=O) groups excluding carboxylic acids is 2. The number of methoxy groups -OCH3 is 1. The lowest BCUT2D eigenvalue weighted by molar-refractivity contribution is 0.101. The summed E-state index contributed by atoms with van der Waals surface area (Å²) in [6.45, 7) is 0. The van der Waals surface area contributed by atoms with Gasteiger partial charge < -0.3 is 15.4 Å².